The van der Waals surface area contributed by atoms with E-state index in [0.29, 0.717) is 25.2 Å². The summed E-state index contributed by atoms with van der Waals surface area (Å²) in [7, 11) is 0. The van der Waals surface area contributed by atoms with Crippen LogP contribution in [0.4, 0.5) is 5.69 Å². The van der Waals surface area contributed by atoms with Crippen LogP contribution in [0.1, 0.15) is 69.9 Å². The van der Waals surface area contributed by atoms with Crippen molar-refractivity contribution in [3.05, 3.63) is 71.8 Å². The number of esters is 1. The second kappa shape index (κ2) is 15.0. The maximum absolute atomic E-state index is 11.3. The van der Waals surface area contributed by atoms with Crippen molar-refractivity contribution < 1.29 is 14.3 Å². The van der Waals surface area contributed by atoms with Gasteiger partial charge in [0, 0.05) is 18.2 Å². The Hall–Kier alpha value is -2.88. The van der Waals surface area contributed by atoms with Crippen LogP contribution < -0.4 is 4.74 Å². The maximum Gasteiger partial charge on any atom is 0.333 e. The van der Waals surface area contributed by atoms with Gasteiger partial charge in [0.25, 0.3) is 0 Å². The topological polar surface area (TPSA) is 47.9 Å². The van der Waals surface area contributed by atoms with E-state index in [4.69, 9.17) is 9.47 Å². The number of hydrogen-bond donors (Lipinski definition) is 0. The molecule has 0 aliphatic rings. The molecule has 0 aromatic heterocycles. The lowest BCUT2D eigenvalue weighted by molar-refractivity contribution is -0.139. The molecule has 0 aliphatic heterocycles. The summed E-state index contributed by atoms with van der Waals surface area (Å²) in [6, 6.07) is 16.3. The summed E-state index contributed by atoms with van der Waals surface area (Å²) in [5.74, 6) is 0.425. The molecule has 4 heteroatoms. The van der Waals surface area contributed by atoms with Gasteiger partial charge in [-0.25, -0.2) is 4.79 Å². The normalized spacial score (nSPS) is 10.9. The SMILES string of the molecule is C=C(C)C(=O)OCCCOc1ccc(C=Nc2ccc(CCCCCCCC)cc2)cc1. The van der Waals surface area contributed by atoms with E-state index in [1.807, 2.05) is 30.5 Å². The van der Waals surface area contributed by atoms with E-state index in [9.17, 15) is 4.79 Å². The Bertz CT molecular complexity index is 838. The first kappa shape index (κ1) is 25.4. The van der Waals surface area contributed by atoms with Crippen LogP contribution >= 0.6 is 0 Å². The van der Waals surface area contributed by atoms with Gasteiger partial charge >= 0.3 is 5.97 Å². The van der Waals surface area contributed by atoms with Gasteiger partial charge in [-0.3, -0.25) is 4.99 Å². The Kier molecular flexibility index (Phi) is 11.9. The highest BCUT2D eigenvalue weighted by Gasteiger charge is 2.02. The van der Waals surface area contributed by atoms with Crippen LogP contribution in [-0.4, -0.2) is 25.4 Å². The molecule has 0 atom stereocenters. The molecule has 0 N–H and O–H groups in total. The van der Waals surface area contributed by atoms with Crippen molar-refractivity contribution in [1.29, 1.82) is 0 Å². The molecule has 0 heterocycles. The first-order valence-corrected chi connectivity index (χ1v) is 11.8. The fourth-order valence-corrected chi connectivity index (χ4v) is 3.19. The molecule has 2 aromatic carbocycles. The highest BCUT2D eigenvalue weighted by molar-refractivity contribution is 5.86. The number of benzene rings is 2. The molecule has 0 bridgehead atoms. The lowest BCUT2D eigenvalue weighted by Gasteiger charge is -2.07. The second-order valence-corrected chi connectivity index (χ2v) is 8.13. The van der Waals surface area contributed by atoms with Crippen LogP contribution in [0, 0.1) is 0 Å². The Labute approximate surface area is 193 Å². The highest BCUT2D eigenvalue weighted by Crippen LogP contribution is 2.17. The Morgan fingerprint density at radius 3 is 2.28 bits per heavy atom. The monoisotopic (exact) mass is 435 g/mol. The van der Waals surface area contributed by atoms with E-state index in [1.54, 1.807) is 6.92 Å². The standard InChI is InChI=1S/C28H37NO3/c1-4-5-6-7-8-9-11-24-12-16-26(17-13-24)29-22-25-14-18-27(19-15-25)31-20-10-21-32-28(30)23(2)3/h12-19,22H,2,4-11,20-21H2,1,3H3. The second-order valence-electron chi connectivity index (χ2n) is 8.13. The number of hydrogen-bond acceptors (Lipinski definition) is 4. The third kappa shape index (κ3) is 10.4. The summed E-state index contributed by atoms with van der Waals surface area (Å²) in [6.07, 6.45) is 11.6. The first-order chi connectivity index (χ1) is 15.6. The van der Waals surface area contributed by atoms with Crippen molar-refractivity contribution in [3.63, 3.8) is 0 Å². The third-order valence-corrected chi connectivity index (χ3v) is 5.14. The van der Waals surface area contributed by atoms with Gasteiger partial charge in [-0.05, 0) is 67.3 Å². The fourth-order valence-electron chi connectivity index (χ4n) is 3.19. The van der Waals surface area contributed by atoms with E-state index >= 15 is 0 Å². The molecule has 0 aliphatic carbocycles. The summed E-state index contributed by atoms with van der Waals surface area (Å²) in [5.41, 5.74) is 3.77. The largest absolute Gasteiger partial charge is 0.493 e. The average Bonchev–Trinajstić information content (AvgIpc) is 2.81. The summed E-state index contributed by atoms with van der Waals surface area (Å²) >= 11 is 0. The van der Waals surface area contributed by atoms with E-state index < -0.39 is 0 Å². The number of aliphatic imine (C=N–C) groups is 1. The molecule has 0 saturated carbocycles. The fraction of sp³-hybridized carbons (Fsp3) is 0.429. The summed E-state index contributed by atoms with van der Waals surface area (Å²) in [6.45, 7) is 8.26. The van der Waals surface area contributed by atoms with Gasteiger partial charge < -0.3 is 9.47 Å². The zero-order valence-corrected chi connectivity index (χ0v) is 19.6. The summed E-state index contributed by atoms with van der Waals surface area (Å²) in [5, 5.41) is 0. The minimum Gasteiger partial charge on any atom is -0.493 e. The molecule has 0 unspecified atom stereocenters. The molecule has 2 aromatic rings. The van der Waals surface area contributed by atoms with Gasteiger partial charge in [0.15, 0.2) is 0 Å². The van der Waals surface area contributed by atoms with E-state index in [1.165, 1.54) is 44.1 Å². The molecule has 0 fully saturated rings. The van der Waals surface area contributed by atoms with Crippen LogP contribution in [-0.2, 0) is 16.0 Å². The minimum atomic E-state index is -0.360. The number of ether oxygens (including phenoxy) is 2. The number of nitrogens with zero attached hydrogens (tertiary/aromatic N) is 1. The van der Waals surface area contributed by atoms with Gasteiger partial charge in [0.05, 0.1) is 18.9 Å². The van der Waals surface area contributed by atoms with Gasteiger partial charge in [-0.15, -0.1) is 0 Å². The van der Waals surface area contributed by atoms with Crippen LogP contribution in [0.5, 0.6) is 5.75 Å². The molecular weight excluding hydrogens is 398 g/mol. The van der Waals surface area contributed by atoms with Crippen molar-refractivity contribution >= 4 is 17.9 Å². The van der Waals surface area contributed by atoms with Crippen LogP contribution in [0.2, 0.25) is 0 Å². The molecule has 0 spiro atoms. The molecule has 32 heavy (non-hydrogen) atoms. The van der Waals surface area contributed by atoms with Crippen molar-refractivity contribution in [2.75, 3.05) is 13.2 Å². The lowest BCUT2D eigenvalue weighted by atomic mass is 10.0. The van der Waals surface area contributed by atoms with Crippen molar-refractivity contribution in [2.24, 2.45) is 4.99 Å². The van der Waals surface area contributed by atoms with Gasteiger partial charge in [0.1, 0.15) is 5.75 Å². The Morgan fingerprint density at radius 1 is 0.906 bits per heavy atom. The van der Waals surface area contributed by atoms with Gasteiger partial charge in [-0.2, -0.15) is 0 Å². The van der Waals surface area contributed by atoms with Crippen molar-refractivity contribution in [3.8, 4) is 5.75 Å². The molecule has 0 saturated heterocycles. The molecule has 4 nitrogen and oxygen atoms in total. The quantitative estimate of drug-likeness (QED) is 0.128. The Morgan fingerprint density at radius 2 is 1.59 bits per heavy atom. The molecule has 0 radical (unpaired) electrons. The summed E-state index contributed by atoms with van der Waals surface area (Å²) < 4.78 is 10.7. The van der Waals surface area contributed by atoms with Crippen LogP contribution in [0.15, 0.2) is 65.7 Å². The Balaban J connectivity index is 1.68. The van der Waals surface area contributed by atoms with E-state index in [-0.39, 0.29) is 5.97 Å². The predicted molar refractivity (Wildman–Crippen MR) is 133 cm³/mol. The van der Waals surface area contributed by atoms with Crippen molar-refractivity contribution in [2.45, 2.75) is 65.2 Å². The van der Waals surface area contributed by atoms with Gasteiger partial charge in [0.2, 0.25) is 0 Å². The van der Waals surface area contributed by atoms with Crippen LogP contribution in [0.3, 0.4) is 0 Å². The number of unbranched alkanes of at least 4 members (excludes halogenated alkanes) is 5. The first-order valence-electron chi connectivity index (χ1n) is 11.8. The lowest BCUT2D eigenvalue weighted by Crippen LogP contribution is -2.09. The number of carbonyl (C=O) groups excluding carboxylic acids is 1. The molecule has 2 rings (SSSR count). The highest BCUT2D eigenvalue weighted by atomic mass is 16.5. The maximum atomic E-state index is 11.3. The van der Waals surface area contributed by atoms with Crippen molar-refractivity contribution in [1.82, 2.24) is 0 Å². The minimum absolute atomic E-state index is 0.328. The van der Waals surface area contributed by atoms with Crippen LogP contribution in [0.25, 0.3) is 0 Å². The molecule has 172 valence electrons. The zero-order chi connectivity index (χ0) is 23.0. The molecule has 0 amide bonds. The predicted octanol–water partition coefficient (Wildman–Crippen LogP) is 7.23. The number of aryl methyl sites for hydroxylation is 1. The molecular formula is C28H37NO3. The van der Waals surface area contributed by atoms with Gasteiger partial charge in [-0.1, -0.05) is 57.7 Å². The summed E-state index contributed by atoms with van der Waals surface area (Å²) in [4.78, 5) is 15.9. The van der Waals surface area contributed by atoms with E-state index in [2.05, 4.69) is 42.8 Å². The third-order valence-electron chi connectivity index (χ3n) is 5.14. The smallest absolute Gasteiger partial charge is 0.333 e. The number of carbonyl (C=O) groups is 1. The average molecular weight is 436 g/mol. The zero-order valence-electron chi connectivity index (χ0n) is 19.6. The van der Waals surface area contributed by atoms with E-state index in [0.717, 1.165) is 23.4 Å². The number of rotatable bonds is 15.